The van der Waals surface area contributed by atoms with Crippen molar-refractivity contribution < 1.29 is 0 Å². The number of rotatable bonds is 5. The molecule has 1 saturated carbocycles. The summed E-state index contributed by atoms with van der Waals surface area (Å²) in [7, 11) is 0. The van der Waals surface area contributed by atoms with Crippen LogP contribution in [-0.4, -0.2) is 30.6 Å². The van der Waals surface area contributed by atoms with Crippen molar-refractivity contribution >= 4 is 0 Å². The van der Waals surface area contributed by atoms with E-state index >= 15 is 0 Å². The van der Waals surface area contributed by atoms with Crippen LogP contribution in [0.5, 0.6) is 0 Å². The first kappa shape index (κ1) is 15.1. The van der Waals surface area contributed by atoms with Gasteiger partial charge in [0.05, 0.1) is 0 Å². The van der Waals surface area contributed by atoms with Crippen LogP contribution in [0.15, 0.2) is 30.3 Å². The summed E-state index contributed by atoms with van der Waals surface area (Å²) in [5, 5.41) is 3.87. The highest BCUT2D eigenvalue weighted by molar-refractivity contribution is 5.14. The van der Waals surface area contributed by atoms with Crippen LogP contribution < -0.4 is 5.32 Å². The molecule has 0 bridgehead atoms. The summed E-state index contributed by atoms with van der Waals surface area (Å²) in [4.78, 5) is 2.63. The molecule has 2 atom stereocenters. The van der Waals surface area contributed by atoms with Gasteiger partial charge in [-0.2, -0.15) is 0 Å². The van der Waals surface area contributed by atoms with Crippen LogP contribution in [0, 0.1) is 11.8 Å². The van der Waals surface area contributed by atoms with Crippen LogP contribution in [0.3, 0.4) is 0 Å². The summed E-state index contributed by atoms with van der Waals surface area (Å²) in [6, 6.07) is 11.6. The maximum absolute atomic E-state index is 3.87. The second-order valence-corrected chi connectivity index (χ2v) is 7.28. The van der Waals surface area contributed by atoms with Crippen molar-refractivity contribution in [2.75, 3.05) is 19.6 Å². The fourth-order valence-corrected chi connectivity index (χ4v) is 4.13. The van der Waals surface area contributed by atoms with Crippen molar-refractivity contribution in [3.8, 4) is 0 Å². The van der Waals surface area contributed by atoms with E-state index in [1.54, 1.807) is 0 Å². The molecule has 1 saturated heterocycles. The van der Waals surface area contributed by atoms with Crippen LogP contribution in [0.1, 0.15) is 44.6 Å². The third kappa shape index (κ3) is 4.55. The Morgan fingerprint density at radius 2 is 1.86 bits per heavy atom. The quantitative estimate of drug-likeness (QED) is 0.888. The third-order valence-electron chi connectivity index (χ3n) is 5.15. The molecule has 3 rings (SSSR count). The first-order valence-corrected chi connectivity index (χ1v) is 8.79. The molecule has 1 aromatic rings. The van der Waals surface area contributed by atoms with Gasteiger partial charge in [-0.15, -0.1) is 0 Å². The summed E-state index contributed by atoms with van der Waals surface area (Å²) in [6.45, 7) is 7.22. The molecule has 116 valence electrons. The summed E-state index contributed by atoms with van der Waals surface area (Å²) in [5.74, 6) is 1.76. The summed E-state index contributed by atoms with van der Waals surface area (Å²) < 4.78 is 0. The lowest BCUT2D eigenvalue weighted by atomic mass is 9.95. The van der Waals surface area contributed by atoms with Gasteiger partial charge in [-0.05, 0) is 43.2 Å². The SMILES string of the molecule is CC1CC(NCC2CCCC2)CN(Cc2ccccc2)C1. The summed E-state index contributed by atoms with van der Waals surface area (Å²) >= 11 is 0. The van der Waals surface area contributed by atoms with Crippen molar-refractivity contribution in [3.63, 3.8) is 0 Å². The number of benzene rings is 1. The van der Waals surface area contributed by atoms with Gasteiger partial charge < -0.3 is 5.32 Å². The highest BCUT2D eigenvalue weighted by atomic mass is 15.2. The van der Waals surface area contributed by atoms with E-state index in [-0.39, 0.29) is 0 Å². The van der Waals surface area contributed by atoms with Gasteiger partial charge in [-0.1, -0.05) is 50.1 Å². The van der Waals surface area contributed by atoms with E-state index in [2.05, 4.69) is 47.5 Å². The highest BCUT2D eigenvalue weighted by Gasteiger charge is 2.25. The Morgan fingerprint density at radius 1 is 1.10 bits per heavy atom. The molecule has 2 unspecified atom stereocenters. The fourth-order valence-electron chi connectivity index (χ4n) is 4.13. The average molecular weight is 286 g/mol. The number of piperidine rings is 1. The minimum atomic E-state index is 0.693. The standard InChI is InChI=1S/C19H30N2/c1-16-11-19(20-12-17-7-5-6-8-17)15-21(13-16)14-18-9-3-2-4-10-18/h2-4,9-10,16-17,19-20H,5-8,11-15H2,1H3. The molecular weight excluding hydrogens is 256 g/mol. The smallest absolute Gasteiger partial charge is 0.0234 e. The van der Waals surface area contributed by atoms with Crippen molar-refractivity contribution in [2.45, 2.75) is 51.6 Å². The predicted octanol–water partition coefficient (Wildman–Crippen LogP) is 3.68. The van der Waals surface area contributed by atoms with Crippen LogP contribution in [0.4, 0.5) is 0 Å². The van der Waals surface area contributed by atoms with Crippen molar-refractivity contribution in [3.05, 3.63) is 35.9 Å². The number of nitrogens with one attached hydrogen (secondary N) is 1. The van der Waals surface area contributed by atoms with Crippen molar-refractivity contribution in [1.29, 1.82) is 0 Å². The molecule has 0 radical (unpaired) electrons. The predicted molar refractivity (Wildman–Crippen MR) is 89.2 cm³/mol. The Kier molecular flexibility index (Phi) is 5.32. The first-order valence-electron chi connectivity index (χ1n) is 8.79. The molecule has 1 aromatic carbocycles. The second-order valence-electron chi connectivity index (χ2n) is 7.28. The number of likely N-dealkylation sites (tertiary alicyclic amines) is 1. The minimum absolute atomic E-state index is 0.693. The van der Waals surface area contributed by atoms with Gasteiger partial charge in [0, 0.05) is 25.7 Å². The Hall–Kier alpha value is -0.860. The zero-order valence-corrected chi connectivity index (χ0v) is 13.4. The van der Waals surface area contributed by atoms with Crippen LogP contribution in [-0.2, 0) is 6.54 Å². The maximum atomic E-state index is 3.87. The summed E-state index contributed by atoms with van der Waals surface area (Å²) in [5.41, 5.74) is 1.45. The Morgan fingerprint density at radius 3 is 2.62 bits per heavy atom. The van der Waals surface area contributed by atoms with Gasteiger partial charge in [-0.3, -0.25) is 4.90 Å². The van der Waals surface area contributed by atoms with Crippen molar-refractivity contribution in [1.82, 2.24) is 10.2 Å². The lowest BCUT2D eigenvalue weighted by molar-refractivity contribution is 0.140. The zero-order chi connectivity index (χ0) is 14.5. The molecule has 2 fully saturated rings. The topological polar surface area (TPSA) is 15.3 Å². The molecule has 1 N–H and O–H groups in total. The number of nitrogens with zero attached hydrogens (tertiary/aromatic N) is 1. The average Bonchev–Trinajstić information content (AvgIpc) is 2.99. The van der Waals surface area contributed by atoms with Gasteiger partial charge in [0.1, 0.15) is 0 Å². The van der Waals surface area contributed by atoms with Crippen LogP contribution >= 0.6 is 0 Å². The van der Waals surface area contributed by atoms with Gasteiger partial charge in [0.2, 0.25) is 0 Å². The molecule has 0 aromatic heterocycles. The molecule has 1 aliphatic carbocycles. The molecule has 0 spiro atoms. The van der Waals surface area contributed by atoms with Crippen molar-refractivity contribution in [2.24, 2.45) is 11.8 Å². The first-order chi connectivity index (χ1) is 10.3. The zero-order valence-electron chi connectivity index (χ0n) is 13.4. The number of hydrogen-bond donors (Lipinski definition) is 1. The van der Waals surface area contributed by atoms with E-state index in [0.717, 1.165) is 18.4 Å². The number of hydrogen-bond acceptors (Lipinski definition) is 2. The fraction of sp³-hybridized carbons (Fsp3) is 0.684. The molecule has 2 heteroatoms. The Labute approximate surface area is 129 Å². The molecule has 2 aliphatic rings. The van der Waals surface area contributed by atoms with E-state index in [4.69, 9.17) is 0 Å². The Balaban J connectivity index is 1.49. The molecular formula is C19H30N2. The lowest BCUT2D eigenvalue weighted by Gasteiger charge is -2.37. The molecule has 1 heterocycles. The Bertz CT molecular complexity index is 411. The van der Waals surface area contributed by atoms with Crippen LogP contribution in [0.25, 0.3) is 0 Å². The van der Waals surface area contributed by atoms with E-state index in [1.165, 1.54) is 57.3 Å². The molecule has 21 heavy (non-hydrogen) atoms. The van der Waals surface area contributed by atoms with Gasteiger partial charge >= 0.3 is 0 Å². The molecule has 2 nitrogen and oxygen atoms in total. The monoisotopic (exact) mass is 286 g/mol. The maximum Gasteiger partial charge on any atom is 0.0234 e. The minimum Gasteiger partial charge on any atom is -0.312 e. The normalized spacial score (nSPS) is 28.0. The summed E-state index contributed by atoms with van der Waals surface area (Å²) in [6.07, 6.45) is 7.14. The van der Waals surface area contributed by atoms with Gasteiger partial charge in [-0.25, -0.2) is 0 Å². The van der Waals surface area contributed by atoms with E-state index < -0.39 is 0 Å². The van der Waals surface area contributed by atoms with E-state index in [9.17, 15) is 0 Å². The van der Waals surface area contributed by atoms with Crippen LogP contribution in [0.2, 0.25) is 0 Å². The third-order valence-corrected chi connectivity index (χ3v) is 5.15. The van der Waals surface area contributed by atoms with E-state index in [0.29, 0.717) is 6.04 Å². The largest absolute Gasteiger partial charge is 0.312 e. The molecule has 0 amide bonds. The van der Waals surface area contributed by atoms with Gasteiger partial charge in [0.15, 0.2) is 0 Å². The molecule has 1 aliphatic heterocycles. The van der Waals surface area contributed by atoms with E-state index in [1.807, 2.05) is 0 Å². The lowest BCUT2D eigenvalue weighted by Crippen LogP contribution is -2.49. The highest BCUT2D eigenvalue weighted by Crippen LogP contribution is 2.25. The van der Waals surface area contributed by atoms with Gasteiger partial charge in [0.25, 0.3) is 0 Å². The second kappa shape index (κ2) is 7.42.